The molecule has 4 nitrogen and oxygen atoms in total. The zero-order valence-electron chi connectivity index (χ0n) is 9.73. The van der Waals surface area contributed by atoms with Crippen LogP contribution in [0.1, 0.15) is 16.8 Å². The maximum atomic E-state index is 11.7. The standard InChI is InChI=1S/C12H13N3OS2/c16-11-9-1-3-15(5-8-2-4-18-7-8)6-10(9)13-12(17)14-11/h2,4,7H,1,3,5-6H2,(H2,13,14,16,17). The summed E-state index contributed by atoms with van der Waals surface area (Å²) in [6.45, 7) is 2.60. The summed E-state index contributed by atoms with van der Waals surface area (Å²) >= 11 is 6.72. The first-order chi connectivity index (χ1) is 8.72. The highest BCUT2D eigenvalue weighted by Gasteiger charge is 2.19. The SMILES string of the molecule is O=c1[nH]c(=S)[nH]c2c1CCN(Cc1ccsc1)C2. The minimum atomic E-state index is -0.0380. The molecule has 94 valence electrons. The molecule has 0 radical (unpaired) electrons. The Morgan fingerprint density at radius 1 is 1.44 bits per heavy atom. The number of rotatable bonds is 2. The predicted octanol–water partition coefficient (Wildman–Crippen LogP) is 2.05. The first-order valence-corrected chi connectivity index (χ1v) is 7.15. The molecular formula is C12H13N3OS2. The van der Waals surface area contributed by atoms with Gasteiger partial charge in [0.2, 0.25) is 0 Å². The molecule has 0 aromatic carbocycles. The molecule has 0 spiro atoms. The molecule has 0 atom stereocenters. The lowest BCUT2D eigenvalue weighted by Gasteiger charge is -2.27. The van der Waals surface area contributed by atoms with E-state index >= 15 is 0 Å². The van der Waals surface area contributed by atoms with Crippen LogP contribution < -0.4 is 5.56 Å². The zero-order valence-corrected chi connectivity index (χ0v) is 11.4. The largest absolute Gasteiger partial charge is 0.334 e. The van der Waals surface area contributed by atoms with E-state index in [0.29, 0.717) is 4.77 Å². The number of nitrogens with zero attached hydrogens (tertiary/aromatic N) is 1. The lowest BCUT2D eigenvalue weighted by molar-refractivity contribution is 0.240. The summed E-state index contributed by atoms with van der Waals surface area (Å²) < 4.78 is 0.413. The minimum absolute atomic E-state index is 0.0380. The van der Waals surface area contributed by atoms with Gasteiger partial charge in [0.25, 0.3) is 5.56 Å². The summed E-state index contributed by atoms with van der Waals surface area (Å²) in [4.78, 5) is 19.8. The van der Waals surface area contributed by atoms with E-state index in [4.69, 9.17) is 12.2 Å². The van der Waals surface area contributed by atoms with Crippen LogP contribution in [0.3, 0.4) is 0 Å². The summed E-state index contributed by atoms with van der Waals surface area (Å²) in [6, 6.07) is 2.14. The summed E-state index contributed by atoms with van der Waals surface area (Å²) in [5.41, 5.74) is 3.10. The second-order valence-corrected chi connectivity index (χ2v) is 5.65. The van der Waals surface area contributed by atoms with Gasteiger partial charge in [-0.15, -0.1) is 0 Å². The van der Waals surface area contributed by atoms with Crippen molar-refractivity contribution in [2.45, 2.75) is 19.5 Å². The van der Waals surface area contributed by atoms with Gasteiger partial charge in [0.1, 0.15) is 0 Å². The van der Waals surface area contributed by atoms with Gasteiger partial charge < -0.3 is 4.98 Å². The molecule has 0 unspecified atom stereocenters. The molecule has 0 saturated heterocycles. The van der Waals surface area contributed by atoms with Crippen LogP contribution in [-0.4, -0.2) is 21.4 Å². The summed E-state index contributed by atoms with van der Waals surface area (Å²) in [5, 5.41) is 4.25. The molecule has 0 bridgehead atoms. The molecule has 0 amide bonds. The van der Waals surface area contributed by atoms with Gasteiger partial charge >= 0.3 is 0 Å². The summed E-state index contributed by atoms with van der Waals surface area (Å²) in [5.74, 6) is 0. The van der Waals surface area contributed by atoms with E-state index in [1.165, 1.54) is 5.56 Å². The lowest BCUT2D eigenvalue weighted by atomic mass is 10.1. The third-order valence-electron chi connectivity index (χ3n) is 3.18. The van der Waals surface area contributed by atoms with Crippen molar-refractivity contribution < 1.29 is 0 Å². The molecule has 18 heavy (non-hydrogen) atoms. The molecule has 3 heterocycles. The molecule has 2 aromatic rings. The highest BCUT2D eigenvalue weighted by Crippen LogP contribution is 2.17. The Kier molecular flexibility index (Phi) is 3.15. The molecule has 0 fully saturated rings. The van der Waals surface area contributed by atoms with Crippen LogP contribution in [0.25, 0.3) is 0 Å². The van der Waals surface area contributed by atoms with Crippen LogP contribution in [-0.2, 0) is 19.5 Å². The van der Waals surface area contributed by atoms with Crippen LogP contribution in [0, 0.1) is 4.77 Å². The van der Waals surface area contributed by atoms with Gasteiger partial charge in [-0.3, -0.25) is 14.7 Å². The topological polar surface area (TPSA) is 51.9 Å². The van der Waals surface area contributed by atoms with E-state index < -0.39 is 0 Å². The number of aromatic nitrogens is 2. The van der Waals surface area contributed by atoms with Gasteiger partial charge in [0.15, 0.2) is 4.77 Å². The quantitative estimate of drug-likeness (QED) is 0.827. The van der Waals surface area contributed by atoms with Crippen LogP contribution in [0.4, 0.5) is 0 Å². The number of hydrogen-bond acceptors (Lipinski definition) is 4. The fourth-order valence-electron chi connectivity index (χ4n) is 2.31. The Morgan fingerprint density at radius 3 is 3.11 bits per heavy atom. The monoisotopic (exact) mass is 279 g/mol. The summed E-state index contributed by atoms with van der Waals surface area (Å²) in [7, 11) is 0. The normalized spacial score (nSPS) is 15.6. The molecular weight excluding hydrogens is 266 g/mol. The molecule has 0 saturated carbocycles. The number of fused-ring (bicyclic) bond motifs is 1. The fourth-order valence-corrected chi connectivity index (χ4v) is 3.18. The van der Waals surface area contributed by atoms with Crippen molar-refractivity contribution in [3.05, 3.63) is 48.8 Å². The molecule has 2 aromatic heterocycles. The average molecular weight is 279 g/mol. The minimum Gasteiger partial charge on any atom is -0.334 e. The number of hydrogen-bond donors (Lipinski definition) is 2. The lowest BCUT2D eigenvalue weighted by Crippen LogP contribution is -2.34. The zero-order chi connectivity index (χ0) is 12.5. The highest BCUT2D eigenvalue weighted by molar-refractivity contribution is 7.71. The van der Waals surface area contributed by atoms with Crippen molar-refractivity contribution in [1.29, 1.82) is 0 Å². The van der Waals surface area contributed by atoms with E-state index in [0.717, 1.165) is 37.3 Å². The van der Waals surface area contributed by atoms with E-state index in [1.807, 2.05) is 0 Å². The number of thiophene rings is 1. The first kappa shape index (κ1) is 11.8. The van der Waals surface area contributed by atoms with Crippen molar-refractivity contribution in [1.82, 2.24) is 14.9 Å². The Balaban J connectivity index is 1.85. The van der Waals surface area contributed by atoms with Crippen LogP contribution in [0.15, 0.2) is 21.6 Å². The molecule has 0 aliphatic carbocycles. The van der Waals surface area contributed by atoms with Crippen LogP contribution >= 0.6 is 23.6 Å². The number of aromatic amines is 2. The van der Waals surface area contributed by atoms with Crippen LogP contribution in [0.2, 0.25) is 0 Å². The van der Waals surface area contributed by atoms with Gasteiger partial charge in [-0.1, -0.05) is 0 Å². The van der Waals surface area contributed by atoms with Gasteiger partial charge in [-0.2, -0.15) is 11.3 Å². The number of H-pyrrole nitrogens is 2. The highest BCUT2D eigenvalue weighted by atomic mass is 32.1. The Morgan fingerprint density at radius 2 is 2.33 bits per heavy atom. The van der Waals surface area contributed by atoms with Crippen molar-refractivity contribution in [2.75, 3.05) is 6.54 Å². The first-order valence-electron chi connectivity index (χ1n) is 5.80. The smallest absolute Gasteiger partial charge is 0.255 e. The third-order valence-corrected chi connectivity index (χ3v) is 4.11. The van der Waals surface area contributed by atoms with E-state index in [1.54, 1.807) is 11.3 Å². The second-order valence-electron chi connectivity index (χ2n) is 4.46. The van der Waals surface area contributed by atoms with Crippen molar-refractivity contribution in [3.8, 4) is 0 Å². The molecule has 1 aliphatic heterocycles. The van der Waals surface area contributed by atoms with E-state index in [2.05, 4.69) is 31.7 Å². The van der Waals surface area contributed by atoms with Crippen molar-refractivity contribution >= 4 is 23.6 Å². The maximum absolute atomic E-state index is 11.7. The van der Waals surface area contributed by atoms with Gasteiger partial charge in [-0.05, 0) is 41.0 Å². The van der Waals surface area contributed by atoms with Gasteiger partial charge in [0.05, 0.1) is 0 Å². The molecule has 3 rings (SSSR count). The van der Waals surface area contributed by atoms with E-state index in [9.17, 15) is 4.79 Å². The Labute approximate surface area is 113 Å². The van der Waals surface area contributed by atoms with Gasteiger partial charge in [0, 0.05) is 30.9 Å². The average Bonchev–Trinajstić information content (AvgIpc) is 2.81. The Bertz CT molecular complexity index is 657. The fraction of sp³-hybridized carbons (Fsp3) is 0.333. The number of nitrogens with one attached hydrogen (secondary N) is 2. The maximum Gasteiger partial charge on any atom is 0.255 e. The third kappa shape index (κ3) is 2.31. The summed E-state index contributed by atoms with van der Waals surface area (Å²) in [6.07, 6.45) is 0.779. The molecule has 6 heteroatoms. The second kappa shape index (κ2) is 4.79. The predicted molar refractivity (Wildman–Crippen MR) is 74.4 cm³/mol. The van der Waals surface area contributed by atoms with Crippen molar-refractivity contribution in [3.63, 3.8) is 0 Å². The molecule has 2 N–H and O–H groups in total. The van der Waals surface area contributed by atoms with Crippen LogP contribution in [0.5, 0.6) is 0 Å². The Hall–Kier alpha value is -1.24. The van der Waals surface area contributed by atoms with Crippen molar-refractivity contribution in [2.24, 2.45) is 0 Å². The molecule has 1 aliphatic rings. The van der Waals surface area contributed by atoms with Gasteiger partial charge in [-0.25, -0.2) is 0 Å². The van der Waals surface area contributed by atoms with E-state index in [-0.39, 0.29) is 5.56 Å².